The molecular weight excluding hydrogens is 284 g/mol. The first-order valence-electron chi connectivity index (χ1n) is 6.62. The number of H-pyrrole nitrogens is 1. The number of benzene rings is 1. The van der Waals surface area contributed by atoms with E-state index in [9.17, 15) is 4.79 Å². The molecule has 0 fully saturated rings. The van der Waals surface area contributed by atoms with Crippen LogP contribution >= 0.6 is 0 Å². The predicted octanol–water partition coefficient (Wildman–Crippen LogP) is 1.87. The van der Waals surface area contributed by atoms with Crippen LogP contribution in [-0.2, 0) is 11.2 Å². The van der Waals surface area contributed by atoms with E-state index < -0.39 is 0 Å². The second kappa shape index (κ2) is 7.13. The van der Waals surface area contributed by atoms with Crippen molar-refractivity contribution < 1.29 is 14.3 Å². The second-order valence-corrected chi connectivity index (χ2v) is 4.48. The maximum absolute atomic E-state index is 11.9. The van der Waals surface area contributed by atoms with Gasteiger partial charge in [-0.2, -0.15) is 5.26 Å². The minimum atomic E-state index is -0.210. The number of rotatable bonds is 6. The minimum Gasteiger partial charge on any atom is -0.493 e. The molecule has 2 aromatic rings. The number of carbonyl (C=O) groups excluding carboxylic acids is 1. The van der Waals surface area contributed by atoms with Gasteiger partial charge in [0.05, 0.1) is 20.5 Å². The van der Waals surface area contributed by atoms with Crippen molar-refractivity contribution in [2.45, 2.75) is 12.8 Å². The summed E-state index contributed by atoms with van der Waals surface area (Å²) >= 11 is 0. The first-order chi connectivity index (χ1) is 10.7. The molecule has 0 saturated heterocycles. The van der Waals surface area contributed by atoms with Gasteiger partial charge in [-0.05, 0) is 24.1 Å². The van der Waals surface area contributed by atoms with Gasteiger partial charge in [0, 0.05) is 6.42 Å². The van der Waals surface area contributed by atoms with Crippen LogP contribution in [0.3, 0.4) is 0 Å². The Hall–Kier alpha value is -3.01. The molecule has 0 radical (unpaired) electrons. The summed E-state index contributed by atoms with van der Waals surface area (Å²) < 4.78 is 10.4. The molecule has 1 heterocycles. The van der Waals surface area contributed by atoms with Crippen molar-refractivity contribution in [1.82, 2.24) is 9.97 Å². The van der Waals surface area contributed by atoms with Crippen molar-refractivity contribution >= 4 is 11.7 Å². The number of aromatic nitrogens is 2. The van der Waals surface area contributed by atoms with E-state index in [1.54, 1.807) is 20.3 Å². The molecule has 114 valence electrons. The van der Waals surface area contributed by atoms with Crippen molar-refractivity contribution in [2.24, 2.45) is 0 Å². The summed E-state index contributed by atoms with van der Waals surface area (Å²) in [6, 6.07) is 7.43. The molecule has 2 N–H and O–H groups in total. The van der Waals surface area contributed by atoms with Crippen LogP contribution in [0.15, 0.2) is 24.5 Å². The number of aryl methyl sites for hydroxylation is 1. The number of hydrogen-bond acceptors (Lipinski definition) is 5. The Morgan fingerprint density at radius 3 is 2.82 bits per heavy atom. The zero-order valence-electron chi connectivity index (χ0n) is 12.3. The number of nitrogens with one attached hydrogen (secondary N) is 2. The van der Waals surface area contributed by atoms with Crippen LogP contribution in [0.1, 0.15) is 17.7 Å². The van der Waals surface area contributed by atoms with Crippen molar-refractivity contribution in [3.8, 4) is 17.6 Å². The van der Waals surface area contributed by atoms with E-state index in [0.29, 0.717) is 17.9 Å². The largest absolute Gasteiger partial charge is 0.493 e. The lowest BCUT2D eigenvalue weighted by atomic mass is 10.1. The van der Waals surface area contributed by atoms with E-state index in [0.717, 1.165) is 5.56 Å². The number of carbonyl (C=O) groups is 1. The molecule has 0 atom stereocenters. The molecule has 22 heavy (non-hydrogen) atoms. The van der Waals surface area contributed by atoms with E-state index in [-0.39, 0.29) is 23.8 Å². The fraction of sp³-hybridized carbons (Fsp3) is 0.267. The van der Waals surface area contributed by atoms with Gasteiger partial charge in [-0.3, -0.25) is 4.79 Å². The van der Waals surface area contributed by atoms with Crippen LogP contribution in [0.5, 0.6) is 11.5 Å². The molecule has 1 aromatic carbocycles. The van der Waals surface area contributed by atoms with Gasteiger partial charge >= 0.3 is 0 Å². The predicted molar refractivity (Wildman–Crippen MR) is 79.8 cm³/mol. The average molecular weight is 300 g/mol. The van der Waals surface area contributed by atoms with Gasteiger partial charge in [0.15, 0.2) is 23.0 Å². The lowest BCUT2D eigenvalue weighted by molar-refractivity contribution is -0.116. The fourth-order valence-corrected chi connectivity index (χ4v) is 1.96. The summed E-state index contributed by atoms with van der Waals surface area (Å²) in [5.74, 6) is 1.31. The quantitative estimate of drug-likeness (QED) is 0.848. The summed E-state index contributed by atoms with van der Waals surface area (Å²) in [5.41, 5.74) is 1.19. The summed E-state index contributed by atoms with van der Waals surface area (Å²) in [5, 5.41) is 11.4. The van der Waals surface area contributed by atoms with Crippen LogP contribution in [0, 0.1) is 11.3 Å². The Balaban J connectivity index is 1.95. The Morgan fingerprint density at radius 1 is 1.36 bits per heavy atom. The van der Waals surface area contributed by atoms with Gasteiger partial charge in [-0.1, -0.05) is 6.07 Å². The topological polar surface area (TPSA) is 100 Å². The van der Waals surface area contributed by atoms with Crippen LogP contribution in [0.25, 0.3) is 0 Å². The Labute approximate surface area is 127 Å². The van der Waals surface area contributed by atoms with Gasteiger partial charge in [0.25, 0.3) is 0 Å². The van der Waals surface area contributed by atoms with Gasteiger partial charge in [0.1, 0.15) is 6.07 Å². The zero-order chi connectivity index (χ0) is 15.9. The van der Waals surface area contributed by atoms with Gasteiger partial charge < -0.3 is 19.8 Å². The number of methoxy groups -OCH3 is 2. The van der Waals surface area contributed by atoms with Crippen LogP contribution in [0.4, 0.5) is 5.82 Å². The van der Waals surface area contributed by atoms with Crippen LogP contribution in [-0.4, -0.2) is 30.1 Å². The summed E-state index contributed by atoms with van der Waals surface area (Å²) in [4.78, 5) is 18.4. The SMILES string of the molecule is COc1ccc(CCC(=O)Nc2nc[nH]c2C#N)cc1OC. The highest BCUT2D eigenvalue weighted by molar-refractivity contribution is 5.90. The highest BCUT2D eigenvalue weighted by atomic mass is 16.5. The molecule has 7 nitrogen and oxygen atoms in total. The first-order valence-corrected chi connectivity index (χ1v) is 6.62. The molecule has 1 amide bonds. The number of nitriles is 1. The molecular formula is C15H16N4O3. The lowest BCUT2D eigenvalue weighted by Gasteiger charge is -2.09. The average Bonchev–Trinajstić information content (AvgIpc) is 2.99. The Morgan fingerprint density at radius 2 is 2.14 bits per heavy atom. The monoisotopic (exact) mass is 300 g/mol. The molecule has 1 aromatic heterocycles. The molecule has 7 heteroatoms. The molecule has 0 aliphatic heterocycles. The number of hydrogen-bond donors (Lipinski definition) is 2. The molecule has 0 saturated carbocycles. The van der Waals surface area contributed by atoms with E-state index >= 15 is 0 Å². The van der Waals surface area contributed by atoms with E-state index in [4.69, 9.17) is 14.7 Å². The van der Waals surface area contributed by atoms with Crippen molar-refractivity contribution in [3.05, 3.63) is 35.8 Å². The van der Waals surface area contributed by atoms with E-state index in [2.05, 4.69) is 15.3 Å². The maximum Gasteiger partial charge on any atom is 0.225 e. The molecule has 0 bridgehead atoms. The molecule has 0 spiro atoms. The smallest absolute Gasteiger partial charge is 0.225 e. The van der Waals surface area contributed by atoms with Gasteiger partial charge in [-0.15, -0.1) is 0 Å². The molecule has 0 aliphatic carbocycles. The highest BCUT2D eigenvalue weighted by Crippen LogP contribution is 2.28. The maximum atomic E-state index is 11.9. The lowest BCUT2D eigenvalue weighted by Crippen LogP contribution is -2.13. The van der Waals surface area contributed by atoms with E-state index in [1.165, 1.54) is 6.33 Å². The van der Waals surface area contributed by atoms with Crippen LogP contribution < -0.4 is 14.8 Å². The van der Waals surface area contributed by atoms with Crippen molar-refractivity contribution in [2.75, 3.05) is 19.5 Å². The third kappa shape index (κ3) is 3.55. The first kappa shape index (κ1) is 15.4. The van der Waals surface area contributed by atoms with Gasteiger partial charge in [0.2, 0.25) is 5.91 Å². The second-order valence-electron chi connectivity index (χ2n) is 4.48. The molecule has 2 rings (SSSR count). The highest BCUT2D eigenvalue weighted by Gasteiger charge is 2.10. The number of anilines is 1. The summed E-state index contributed by atoms with van der Waals surface area (Å²) in [6.45, 7) is 0. The fourth-order valence-electron chi connectivity index (χ4n) is 1.96. The number of ether oxygens (including phenoxy) is 2. The normalized spacial score (nSPS) is 9.86. The van der Waals surface area contributed by atoms with Crippen molar-refractivity contribution in [3.63, 3.8) is 0 Å². The summed E-state index contributed by atoms with van der Waals surface area (Å²) in [7, 11) is 3.14. The van der Waals surface area contributed by atoms with Crippen molar-refractivity contribution in [1.29, 1.82) is 5.26 Å². The molecule has 0 aliphatic rings. The standard InChI is InChI=1S/C15H16N4O3/c1-21-12-5-3-10(7-13(12)22-2)4-6-14(20)19-15-11(8-16)17-9-18-15/h3,5,7,9H,4,6H2,1-2H3,(H,17,18)(H,19,20). The number of aromatic amines is 1. The number of amides is 1. The van der Waals surface area contributed by atoms with Crippen LogP contribution in [0.2, 0.25) is 0 Å². The zero-order valence-corrected chi connectivity index (χ0v) is 12.3. The van der Waals surface area contributed by atoms with Gasteiger partial charge in [-0.25, -0.2) is 4.98 Å². The number of imidazole rings is 1. The summed E-state index contributed by atoms with van der Waals surface area (Å²) in [6.07, 6.45) is 2.17. The molecule has 0 unspecified atom stereocenters. The number of nitrogens with zero attached hydrogens (tertiary/aromatic N) is 2. The third-order valence-electron chi connectivity index (χ3n) is 3.10. The Bertz CT molecular complexity index is 703. The Kier molecular flexibility index (Phi) is 4.98. The third-order valence-corrected chi connectivity index (χ3v) is 3.10. The van der Waals surface area contributed by atoms with E-state index in [1.807, 2.05) is 18.2 Å². The minimum absolute atomic E-state index is 0.210.